The van der Waals surface area contributed by atoms with Crippen molar-refractivity contribution in [2.24, 2.45) is 5.41 Å². The van der Waals surface area contributed by atoms with Gasteiger partial charge >= 0.3 is 0 Å². The van der Waals surface area contributed by atoms with Gasteiger partial charge in [-0.3, -0.25) is 0 Å². The fraction of sp³-hybridized carbons (Fsp3) is 0.875. The van der Waals surface area contributed by atoms with Crippen LogP contribution in [0.3, 0.4) is 0 Å². The molecule has 2 aliphatic rings. The molecule has 0 saturated heterocycles. The molecule has 0 aromatic carbocycles. The minimum atomic E-state index is 0.493. The van der Waals surface area contributed by atoms with E-state index in [1.807, 2.05) is 0 Å². The first-order chi connectivity index (χ1) is 9.62. The van der Waals surface area contributed by atoms with Crippen LogP contribution in [0.1, 0.15) is 82.8 Å². The van der Waals surface area contributed by atoms with Crippen LogP contribution in [0.5, 0.6) is 0 Å². The number of nitrogens with zero attached hydrogens (tertiary/aromatic N) is 2. The van der Waals surface area contributed by atoms with Crippen molar-refractivity contribution in [1.29, 1.82) is 0 Å². The zero-order valence-corrected chi connectivity index (χ0v) is 12.8. The molecule has 1 N–H and O–H groups in total. The van der Waals surface area contributed by atoms with Crippen LogP contribution in [-0.4, -0.2) is 16.2 Å². The van der Waals surface area contributed by atoms with E-state index < -0.39 is 0 Å². The van der Waals surface area contributed by atoms with Crippen molar-refractivity contribution in [1.82, 2.24) is 15.5 Å². The van der Waals surface area contributed by atoms with Crippen LogP contribution >= 0.6 is 0 Å². The first-order valence-electron chi connectivity index (χ1n) is 8.18. The van der Waals surface area contributed by atoms with Crippen molar-refractivity contribution < 1.29 is 4.52 Å². The second-order valence-corrected chi connectivity index (χ2v) is 7.35. The average Bonchev–Trinajstić information content (AvgIpc) is 3.08. The lowest BCUT2D eigenvalue weighted by Crippen LogP contribution is -2.25. The molecule has 2 fully saturated rings. The van der Waals surface area contributed by atoms with E-state index in [9.17, 15) is 0 Å². The second-order valence-electron chi connectivity index (χ2n) is 7.35. The number of hydrogen-bond donors (Lipinski definition) is 1. The molecule has 2 aliphatic carbocycles. The SMILES string of the molecule is CC1(C)CCC(c2noc(CNC3CCCC3)n2)CC1. The van der Waals surface area contributed by atoms with Crippen molar-refractivity contribution in [2.75, 3.05) is 0 Å². The Morgan fingerprint density at radius 3 is 2.55 bits per heavy atom. The molecule has 3 rings (SSSR count). The molecule has 4 heteroatoms. The van der Waals surface area contributed by atoms with Crippen LogP contribution < -0.4 is 5.32 Å². The fourth-order valence-electron chi connectivity index (χ4n) is 3.52. The maximum Gasteiger partial charge on any atom is 0.240 e. The summed E-state index contributed by atoms with van der Waals surface area (Å²) in [6.07, 6.45) is 10.2. The minimum Gasteiger partial charge on any atom is -0.338 e. The van der Waals surface area contributed by atoms with Crippen molar-refractivity contribution in [3.63, 3.8) is 0 Å². The standard InChI is InChI=1S/C16H27N3O/c1-16(2)9-7-12(8-10-16)15-18-14(20-19-15)11-17-13-5-3-4-6-13/h12-13,17H,3-11H2,1-2H3. The molecule has 0 radical (unpaired) electrons. The third-order valence-electron chi connectivity index (χ3n) is 5.09. The van der Waals surface area contributed by atoms with Gasteiger partial charge in [0.1, 0.15) is 0 Å². The third-order valence-corrected chi connectivity index (χ3v) is 5.09. The summed E-state index contributed by atoms with van der Waals surface area (Å²) in [4.78, 5) is 4.60. The van der Waals surface area contributed by atoms with Crippen LogP contribution in [0.15, 0.2) is 4.52 Å². The van der Waals surface area contributed by atoms with E-state index in [1.54, 1.807) is 0 Å². The van der Waals surface area contributed by atoms with Crippen LogP contribution in [0, 0.1) is 5.41 Å². The summed E-state index contributed by atoms with van der Waals surface area (Å²) >= 11 is 0. The van der Waals surface area contributed by atoms with Crippen LogP contribution in [-0.2, 0) is 6.54 Å². The van der Waals surface area contributed by atoms with Crippen LogP contribution in [0.4, 0.5) is 0 Å². The lowest BCUT2D eigenvalue weighted by molar-refractivity contribution is 0.218. The summed E-state index contributed by atoms with van der Waals surface area (Å²) in [5.41, 5.74) is 0.493. The number of rotatable bonds is 4. The molecule has 0 bridgehead atoms. The highest BCUT2D eigenvalue weighted by Gasteiger charge is 2.30. The van der Waals surface area contributed by atoms with Crippen molar-refractivity contribution in [2.45, 2.75) is 83.7 Å². The van der Waals surface area contributed by atoms with Crippen molar-refractivity contribution in [3.8, 4) is 0 Å². The largest absolute Gasteiger partial charge is 0.338 e. The van der Waals surface area contributed by atoms with Gasteiger partial charge in [-0.05, 0) is 43.9 Å². The number of hydrogen-bond acceptors (Lipinski definition) is 4. The smallest absolute Gasteiger partial charge is 0.240 e. The molecule has 0 amide bonds. The third kappa shape index (κ3) is 3.40. The van der Waals surface area contributed by atoms with Gasteiger partial charge in [-0.15, -0.1) is 0 Å². The average molecular weight is 277 g/mol. The van der Waals surface area contributed by atoms with Crippen molar-refractivity contribution >= 4 is 0 Å². The van der Waals surface area contributed by atoms with Gasteiger partial charge in [0, 0.05) is 12.0 Å². The Morgan fingerprint density at radius 2 is 1.85 bits per heavy atom. The Balaban J connectivity index is 1.51. The summed E-state index contributed by atoms with van der Waals surface area (Å²) in [5.74, 6) is 2.20. The van der Waals surface area contributed by atoms with Gasteiger partial charge in [0.25, 0.3) is 0 Å². The molecule has 0 spiro atoms. The van der Waals surface area contributed by atoms with E-state index in [0.717, 1.165) is 18.3 Å². The Labute approximate surface area is 121 Å². The second kappa shape index (κ2) is 5.84. The van der Waals surface area contributed by atoms with Gasteiger partial charge in [-0.25, -0.2) is 0 Å². The lowest BCUT2D eigenvalue weighted by atomic mass is 9.73. The van der Waals surface area contributed by atoms with E-state index in [1.165, 1.54) is 51.4 Å². The van der Waals surface area contributed by atoms with E-state index in [-0.39, 0.29) is 0 Å². The topological polar surface area (TPSA) is 51.0 Å². The Morgan fingerprint density at radius 1 is 1.15 bits per heavy atom. The molecule has 4 nitrogen and oxygen atoms in total. The molecule has 2 saturated carbocycles. The van der Waals surface area contributed by atoms with E-state index in [2.05, 4.69) is 29.3 Å². The van der Waals surface area contributed by atoms with Crippen LogP contribution in [0.25, 0.3) is 0 Å². The highest BCUT2D eigenvalue weighted by Crippen LogP contribution is 2.41. The first kappa shape index (κ1) is 14.1. The molecule has 1 aromatic rings. The summed E-state index contributed by atoms with van der Waals surface area (Å²) in [6, 6.07) is 0.654. The Hall–Kier alpha value is -0.900. The summed E-state index contributed by atoms with van der Waals surface area (Å²) in [5, 5.41) is 7.74. The van der Waals surface area contributed by atoms with E-state index in [0.29, 0.717) is 17.4 Å². The summed E-state index contributed by atoms with van der Waals surface area (Å²) < 4.78 is 5.41. The molecule has 1 heterocycles. The molecule has 0 unspecified atom stereocenters. The molecule has 0 aliphatic heterocycles. The molecule has 1 aromatic heterocycles. The summed E-state index contributed by atoms with van der Waals surface area (Å²) in [7, 11) is 0. The van der Waals surface area contributed by atoms with Crippen molar-refractivity contribution in [3.05, 3.63) is 11.7 Å². The van der Waals surface area contributed by atoms with Gasteiger partial charge in [-0.2, -0.15) is 4.98 Å². The maximum atomic E-state index is 5.41. The highest BCUT2D eigenvalue weighted by atomic mass is 16.5. The summed E-state index contributed by atoms with van der Waals surface area (Å²) in [6.45, 7) is 5.45. The molecule has 0 atom stereocenters. The molecule has 112 valence electrons. The maximum absolute atomic E-state index is 5.41. The monoisotopic (exact) mass is 277 g/mol. The quantitative estimate of drug-likeness (QED) is 0.909. The first-order valence-corrected chi connectivity index (χ1v) is 8.18. The highest BCUT2D eigenvalue weighted by molar-refractivity contribution is 4.99. The van der Waals surface area contributed by atoms with Gasteiger partial charge in [-0.1, -0.05) is 31.8 Å². The lowest BCUT2D eigenvalue weighted by Gasteiger charge is -2.32. The molecular formula is C16H27N3O. The molecule has 20 heavy (non-hydrogen) atoms. The van der Waals surface area contributed by atoms with Gasteiger partial charge in [0.15, 0.2) is 5.82 Å². The Kier molecular flexibility index (Phi) is 4.11. The number of nitrogens with one attached hydrogen (secondary N) is 1. The molecular weight excluding hydrogens is 250 g/mol. The van der Waals surface area contributed by atoms with E-state index in [4.69, 9.17) is 4.52 Å². The van der Waals surface area contributed by atoms with Gasteiger partial charge < -0.3 is 9.84 Å². The number of aromatic nitrogens is 2. The van der Waals surface area contributed by atoms with Gasteiger partial charge in [0.2, 0.25) is 5.89 Å². The zero-order valence-electron chi connectivity index (χ0n) is 12.8. The van der Waals surface area contributed by atoms with Crippen LogP contribution in [0.2, 0.25) is 0 Å². The van der Waals surface area contributed by atoms with E-state index >= 15 is 0 Å². The minimum absolute atomic E-state index is 0.493. The predicted octanol–water partition coefficient (Wildman–Crippen LogP) is 3.79. The zero-order chi connectivity index (χ0) is 14.0. The fourth-order valence-corrected chi connectivity index (χ4v) is 3.52. The predicted molar refractivity (Wildman–Crippen MR) is 78.4 cm³/mol. The Bertz CT molecular complexity index is 425. The normalized spacial score (nSPS) is 24.3. The van der Waals surface area contributed by atoms with Gasteiger partial charge in [0.05, 0.1) is 6.54 Å².